The number of para-hydroxylation sites is 1. The number of phenols is 1. The standard InChI is InChI=1S/C40H51N7O3/c1-2-50-37(49)27-7-11-39(12-8-27)19-30(20-39)46-13-9-26(10-14-46)29-21-42-38(43-22-29)40-17-25-15-32(40)28(18-40)24-47(23-25)34-16-33(44-45-36(34)41)31-5-3-4-6-35(31)48/h3-6,16,21-22,25-28,30,32,48H,2,7-15,17-20,23-24H2,1H3,(H2,41,45). The Morgan fingerprint density at radius 1 is 1.00 bits per heavy atom. The number of esters is 1. The molecule has 4 heterocycles. The van der Waals surface area contributed by atoms with Gasteiger partial charge >= 0.3 is 5.97 Å². The normalized spacial score (nSPS) is 33.8. The van der Waals surface area contributed by atoms with E-state index in [-0.39, 0.29) is 23.1 Å². The van der Waals surface area contributed by atoms with Gasteiger partial charge in [-0.3, -0.25) is 4.79 Å². The number of aromatic nitrogens is 4. The molecule has 10 nitrogen and oxygen atoms in total. The fourth-order valence-electron chi connectivity index (χ4n) is 11.4. The molecule has 0 radical (unpaired) electrons. The van der Waals surface area contributed by atoms with Gasteiger partial charge in [0.1, 0.15) is 11.6 Å². The number of nitrogens with zero attached hydrogens (tertiary/aromatic N) is 6. The molecule has 6 fully saturated rings. The van der Waals surface area contributed by atoms with E-state index >= 15 is 0 Å². The molecule has 1 spiro atoms. The van der Waals surface area contributed by atoms with Crippen LogP contribution in [0.3, 0.4) is 0 Å². The second-order valence-corrected chi connectivity index (χ2v) is 16.7. The summed E-state index contributed by atoms with van der Waals surface area (Å²) in [4.78, 5) is 27.6. The zero-order valence-electron chi connectivity index (χ0n) is 29.3. The van der Waals surface area contributed by atoms with Gasteiger partial charge in [-0.1, -0.05) is 12.1 Å². The van der Waals surface area contributed by atoms with E-state index in [1.165, 1.54) is 50.5 Å². The fraction of sp³-hybridized carbons (Fsp3) is 0.625. The molecule has 50 heavy (non-hydrogen) atoms. The Kier molecular flexibility index (Phi) is 8.01. The van der Waals surface area contributed by atoms with Crippen molar-refractivity contribution in [1.82, 2.24) is 25.1 Å². The highest BCUT2D eigenvalue weighted by atomic mass is 16.5. The molecule has 4 aliphatic carbocycles. The summed E-state index contributed by atoms with van der Waals surface area (Å²) in [5.41, 5.74) is 10.5. The number of piperidine rings is 1. The van der Waals surface area contributed by atoms with Crippen molar-refractivity contribution in [2.24, 2.45) is 29.1 Å². The number of fused-ring (bicyclic) bond motifs is 1. The molecule has 6 aliphatic rings. The van der Waals surface area contributed by atoms with Crippen molar-refractivity contribution in [3.05, 3.63) is 54.1 Å². The topological polar surface area (TPSA) is 131 Å². The lowest BCUT2D eigenvalue weighted by Crippen LogP contribution is -2.54. The third-order valence-electron chi connectivity index (χ3n) is 14.0. The third-order valence-corrected chi connectivity index (χ3v) is 14.0. The van der Waals surface area contributed by atoms with Crippen LogP contribution in [-0.4, -0.2) is 75.0 Å². The Morgan fingerprint density at radius 2 is 1.76 bits per heavy atom. The van der Waals surface area contributed by atoms with Crippen molar-refractivity contribution in [2.45, 2.75) is 94.9 Å². The van der Waals surface area contributed by atoms with Crippen molar-refractivity contribution < 1.29 is 14.6 Å². The first-order chi connectivity index (χ1) is 24.3. The van der Waals surface area contributed by atoms with Crippen molar-refractivity contribution >= 4 is 17.5 Å². The maximum Gasteiger partial charge on any atom is 0.308 e. The van der Waals surface area contributed by atoms with Gasteiger partial charge in [0.05, 0.1) is 23.9 Å². The minimum Gasteiger partial charge on any atom is -0.507 e. The van der Waals surface area contributed by atoms with E-state index in [2.05, 4.69) is 32.4 Å². The van der Waals surface area contributed by atoms with Crippen LogP contribution in [0.5, 0.6) is 5.75 Å². The van der Waals surface area contributed by atoms with E-state index in [1.54, 1.807) is 6.07 Å². The van der Waals surface area contributed by atoms with Gasteiger partial charge in [-0.15, -0.1) is 10.2 Å². The number of nitrogen functional groups attached to an aromatic ring is 1. The smallest absolute Gasteiger partial charge is 0.308 e. The Balaban J connectivity index is 0.794. The summed E-state index contributed by atoms with van der Waals surface area (Å²) in [7, 11) is 0. The van der Waals surface area contributed by atoms with Gasteiger partial charge in [-0.05, 0) is 143 Å². The van der Waals surface area contributed by atoms with Gasteiger partial charge < -0.3 is 25.4 Å². The lowest BCUT2D eigenvalue weighted by molar-refractivity contribution is -0.151. The number of aromatic hydroxyl groups is 1. The molecule has 2 saturated heterocycles. The van der Waals surface area contributed by atoms with Crippen LogP contribution < -0.4 is 10.6 Å². The van der Waals surface area contributed by atoms with Gasteiger partial charge in [-0.25, -0.2) is 9.97 Å². The number of nitrogens with two attached hydrogens (primary N) is 1. The van der Waals surface area contributed by atoms with Crippen LogP contribution in [0.15, 0.2) is 42.7 Å². The summed E-state index contributed by atoms with van der Waals surface area (Å²) < 4.78 is 5.29. The van der Waals surface area contributed by atoms with E-state index in [4.69, 9.17) is 20.4 Å². The minimum absolute atomic E-state index is 0.0223. The number of likely N-dealkylation sites (tertiary alicyclic amines) is 1. The monoisotopic (exact) mass is 677 g/mol. The predicted molar refractivity (Wildman–Crippen MR) is 191 cm³/mol. The second kappa shape index (κ2) is 12.5. The number of anilines is 2. The molecule has 0 amide bonds. The highest BCUT2D eigenvalue weighted by Crippen LogP contribution is 2.64. The van der Waals surface area contributed by atoms with Crippen LogP contribution in [0.25, 0.3) is 11.3 Å². The van der Waals surface area contributed by atoms with Gasteiger partial charge in [0.25, 0.3) is 0 Å². The molecule has 10 heteroatoms. The van der Waals surface area contributed by atoms with Crippen molar-refractivity contribution in [1.29, 1.82) is 0 Å². The van der Waals surface area contributed by atoms with Crippen molar-refractivity contribution in [3.63, 3.8) is 0 Å². The van der Waals surface area contributed by atoms with Gasteiger partial charge in [0.15, 0.2) is 5.82 Å². The Morgan fingerprint density at radius 3 is 2.50 bits per heavy atom. The molecule has 4 saturated carbocycles. The lowest BCUT2D eigenvalue weighted by Gasteiger charge is -2.55. The van der Waals surface area contributed by atoms with E-state index in [1.807, 2.05) is 31.2 Å². The summed E-state index contributed by atoms with van der Waals surface area (Å²) in [6.07, 6.45) is 17.2. The number of carbonyl (C=O) groups excluding carboxylic acids is 1. The maximum atomic E-state index is 12.2. The molecule has 2 bridgehead atoms. The van der Waals surface area contributed by atoms with Crippen LogP contribution in [-0.2, 0) is 14.9 Å². The fourth-order valence-corrected chi connectivity index (χ4v) is 11.4. The average Bonchev–Trinajstić information content (AvgIpc) is 3.31. The second-order valence-electron chi connectivity index (χ2n) is 16.7. The molecular formula is C40H51N7O3. The molecule has 4 unspecified atom stereocenters. The van der Waals surface area contributed by atoms with Crippen LogP contribution in [0, 0.1) is 29.1 Å². The summed E-state index contributed by atoms with van der Waals surface area (Å²) in [5, 5.41) is 19.0. The summed E-state index contributed by atoms with van der Waals surface area (Å²) in [6, 6.07) is 9.97. The van der Waals surface area contributed by atoms with E-state index in [9.17, 15) is 9.90 Å². The number of hydrogen-bond acceptors (Lipinski definition) is 10. The number of phenolic OH excluding ortho intramolecular Hbond substituents is 1. The lowest BCUT2D eigenvalue weighted by atomic mass is 9.54. The molecule has 2 aromatic heterocycles. The zero-order valence-corrected chi connectivity index (χ0v) is 29.3. The molecular weight excluding hydrogens is 626 g/mol. The summed E-state index contributed by atoms with van der Waals surface area (Å²) in [5.74, 6) is 4.14. The third kappa shape index (κ3) is 5.44. The SMILES string of the molecule is CCOC(=O)C1CCC2(CC1)CC(N1CCC(c3cnc(C45CC6CC4C(CN(c4cc(-c7ccccc7O)nnc4N)C6)C5)nc3)CC1)C2. The maximum absolute atomic E-state index is 12.2. The number of hydrogen-bond donors (Lipinski definition) is 2. The van der Waals surface area contributed by atoms with Gasteiger partial charge in [0.2, 0.25) is 0 Å². The van der Waals surface area contributed by atoms with Crippen molar-refractivity contribution in [2.75, 3.05) is 43.4 Å². The molecule has 4 atom stereocenters. The number of benzene rings is 1. The minimum atomic E-state index is 0.0223. The van der Waals surface area contributed by atoms with Gasteiger partial charge in [-0.2, -0.15) is 0 Å². The summed E-state index contributed by atoms with van der Waals surface area (Å²) >= 11 is 0. The number of ether oxygens (including phenoxy) is 1. The molecule has 1 aromatic carbocycles. The Labute approximate surface area is 295 Å². The van der Waals surface area contributed by atoms with Crippen LogP contribution in [0.4, 0.5) is 11.5 Å². The molecule has 2 aliphatic heterocycles. The van der Waals surface area contributed by atoms with Gasteiger partial charge in [0, 0.05) is 42.5 Å². The quantitative estimate of drug-likeness (QED) is 0.283. The van der Waals surface area contributed by atoms with Crippen molar-refractivity contribution in [3.8, 4) is 17.0 Å². The Bertz CT molecular complexity index is 1720. The first-order valence-electron chi connectivity index (χ1n) is 19.2. The zero-order chi connectivity index (χ0) is 34.0. The first-order valence-corrected chi connectivity index (χ1v) is 19.2. The average molecular weight is 678 g/mol. The highest BCUT2D eigenvalue weighted by Gasteiger charge is 2.63. The summed E-state index contributed by atoms with van der Waals surface area (Å²) in [6.45, 7) is 6.61. The number of rotatable bonds is 7. The molecule has 3 N–H and O–H groups in total. The first kappa shape index (κ1) is 32.1. The van der Waals surface area contributed by atoms with Crippen LogP contribution >= 0.6 is 0 Å². The predicted octanol–water partition coefficient (Wildman–Crippen LogP) is 6.11. The highest BCUT2D eigenvalue weighted by molar-refractivity contribution is 5.74. The molecule has 3 aromatic rings. The Hall–Kier alpha value is -3.79. The molecule has 264 valence electrons. The van der Waals surface area contributed by atoms with E-state index in [0.29, 0.717) is 58.8 Å². The van der Waals surface area contributed by atoms with Crippen LogP contribution in [0.2, 0.25) is 0 Å². The van der Waals surface area contributed by atoms with E-state index < -0.39 is 0 Å². The van der Waals surface area contributed by atoms with Crippen LogP contribution in [0.1, 0.15) is 94.9 Å². The molecule has 9 rings (SSSR count). The number of carbonyl (C=O) groups is 1. The largest absolute Gasteiger partial charge is 0.507 e. The van der Waals surface area contributed by atoms with E-state index in [0.717, 1.165) is 63.4 Å².